The van der Waals surface area contributed by atoms with E-state index in [1.807, 2.05) is 0 Å². The standard InChI is InChI=1S/C9H7ClN4O2/c10-7-5-6(1-2-8(7)14(15)16)13-4-3-9(11)12-13/h1-5H,(H2,11,12). The first kappa shape index (κ1) is 10.4. The molecule has 0 aliphatic heterocycles. The van der Waals surface area contributed by atoms with Gasteiger partial charge >= 0.3 is 0 Å². The second kappa shape index (κ2) is 3.82. The van der Waals surface area contributed by atoms with Crippen molar-refractivity contribution >= 4 is 23.1 Å². The summed E-state index contributed by atoms with van der Waals surface area (Å²) in [6.45, 7) is 0. The van der Waals surface area contributed by atoms with E-state index in [2.05, 4.69) is 5.10 Å². The van der Waals surface area contributed by atoms with Gasteiger partial charge in [0, 0.05) is 18.3 Å². The second-order valence-corrected chi connectivity index (χ2v) is 3.49. The first-order chi connectivity index (χ1) is 7.58. The molecule has 0 unspecified atom stereocenters. The summed E-state index contributed by atoms with van der Waals surface area (Å²) in [5.41, 5.74) is 5.94. The summed E-state index contributed by atoms with van der Waals surface area (Å²) in [6, 6.07) is 5.97. The van der Waals surface area contributed by atoms with Gasteiger partial charge in [-0.25, -0.2) is 4.68 Å². The summed E-state index contributed by atoms with van der Waals surface area (Å²) in [4.78, 5) is 10.0. The van der Waals surface area contributed by atoms with E-state index in [0.717, 1.165) is 0 Å². The maximum absolute atomic E-state index is 10.6. The lowest BCUT2D eigenvalue weighted by Gasteiger charge is -2.01. The van der Waals surface area contributed by atoms with Crippen LogP contribution in [0.2, 0.25) is 5.02 Å². The van der Waals surface area contributed by atoms with Crippen LogP contribution in [0, 0.1) is 10.1 Å². The summed E-state index contributed by atoms with van der Waals surface area (Å²) in [5, 5.41) is 14.6. The minimum atomic E-state index is -0.538. The van der Waals surface area contributed by atoms with Gasteiger partial charge in [0.1, 0.15) is 10.8 Å². The number of nitro groups is 1. The van der Waals surface area contributed by atoms with E-state index in [0.29, 0.717) is 11.5 Å². The Kier molecular flexibility index (Phi) is 2.49. The largest absolute Gasteiger partial charge is 0.382 e. The number of hydrogen-bond acceptors (Lipinski definition) is 4. The maximum Gasteiger partial charge on any atom is 0.288 e. The third-order valence-electron chi connectivity index (χ3n) is 2.00. The van der Waals surface area contributed by atoms with Crippen LogP contribution in [-0.4, -0.2) is 14.7 Å². The zero-order valence-electron chi connectivity index (χ0n) is 8.00. The molecule has 1 heterocycles. The average Bonchev–Trinajstić information content (AvgIpc) is 2.64. The quantitative estimate of drug-likeness (QED) is 0.640. The van der Waals surface area contributed by atoms with Gasteiger partial charge in [0.25, 0.3) is 5.69 Å². The molecule has 2 N–H and O–H groups in total. The van der Waals surface area contributed by atoms with E-state index < -0.39 is 4.92 Å². The van der Waals surface area contributed by atoms with E-state index in [4.69, 9.17) is 17.3 Å². The van der Waals surface area contributed by atoms with E-state index in [9.17, 15) is 10.1 Å². The molecule has 0 fully saturated rings. The van der Waals surface area contributed by atoms with Crippen molar-refractivity contribution in [1.29, 1.82) is 0 Å². The van der Waals surface area contributed by atoms with Crippen LogP contribution in [0.5, 0.6) is 0 Å². The van der Waals surface area contributed by atoms with Gasteiger partial charge in [-0.2, -0.15) is 5.10 Å². The lowest BCUT2D eigenvalue weighted by molar-refractivity contribution is -0.384. The van der Waals surface area contributed by atoms with Crippen molar-refractivity contribution in [2.75, 3.05) is 5.73 Å². The Morgan fingerprint density at radius 1 is 1.44 bits per heavy atom. The lowest BCUT2D eigenvalue weighted by atomic mass is 10.3. The van der Waals surface area contributed by atoms with Crippen LogP contribution in [0.3, 0.4) is 0 Å². The molecule has 1 aromatic heterocycles. The molecule has 7 heteroatoms. The van der Waals surface area contributed by atoms with Crippen LogP contribution in [0.4, 0.5) is 11.5 Å². The van der Waals surface area contributed by atoms with E-state index in [1.54, 1.807) is 18.3 Å². The molecule has 6 nitrogen and oxygen atoms in total. The molecule has 0 saturated carbocycles. The molecule has 0 aliphatic carbocycles. The highest BCUT2D eigenvalue weighted by Gasteiger charge is 2.12. The fraction of sp³-hybridized carbons (Fsp3) is 0. The Hall–Kier alpha value is -2.08. The van der Waals surface area contributed by atoms with Crippen molar-refractivity contribution in [3.8, 4) is 5.69 Å². The van der Waals surface area contributed by atoms with Gasteiger partial charge in [0.05, 0.1) is 10.6 Å². The average molecular weight is 239 g/mol. The number of halogens is 1. The normalized spacial score (nSPS) is 10.3. The van der Waals surface area contributed by atoms with Crippen molar-refractivity contribution in [1.82, 2.24) is 9.78 Å². The Bertz CT molecular complexity index is 552. The number of aromatic nitrogens is 2. The number of nitrogens with zero attached hydrogens (tertiary/aromatic N) is 3. The molecule has 0 amide bonds. The van der Waals surface area contributed by atoms with Crippen molar-refractivity contribution < 1.29 is 4.92 Å². The van der Waals surface area contributed by atoms with Crippen molar-refractivity contribution in [2.24, 2.45) is 0 Å². The third kappa shape index (κ3) is 1.82. The van der Waals surface area contributed by atoms with Crippen molar-refractivity contribution in [2.45, 2.75) is 0 Å². The minimum absolute atomic E-state index is 0.0663. The Labute approximate surface area is 95.4 Å². The van der Waals surface area contributed by atoms with Crippen LogP contribution in [0.1, 0.15) is 0 Å². The fourth-order valence-electron chi connectivity index (χ4n) is 1.27. The van der Waals surface area contributed by atoms with Gasteiger partial charge in [-0.05, 0) is 12.1 Å². The molecule has 16 heavy (non-hydrogen) atoms. The number of nitro benzene ring substituents is 1. The molecular formula is C9H7ClN4O2. The molecule has 0 aliphatic rings. The van der Waals surface area contributed by atoms with Crippen molar-refractivity contribution in [3.05, 3.63) is 45.6 Å². The molecule has 0 bridgehead atoms. The summed E-state index contributed by atoms with van der Waals surface area (Å²) in [6.07, 6.45) is 1.65. The van der Waals surface area contributed by atoms with Gasteiger partial charge in [0.15, 0.2) is 0 Å². The number of benzene rings is 1. The smallest absolute Gasteiger partial charge is 0.288 e. The predicted molar refractivity (Wildman–Crippen MR) is 59.6 cm³/mol. The second-order valence-electron chi connectivity index (χ2n) is 3.08. The number of anilines is 1. The number of nitrogens with two attached hydrogens (primary N) is 1. The number of nitrogen functional groups attached to an aromatic ring is 1. The first-order valence-electron chi connectivity index (χ1n) is 4.33. The maximum atomic E-state index is 10.6. The van der Waals surface area contributed by atoms with Crippen LogP contribution in [0.15, 0.2) is 30.5 Å². The van der Waals surface area contributed by atoms with E-state index >= 15 is 0 Å². The lowest BCUT2D eigenvalue weighted by Crippen LogP contribution is -1.97. The Morgan fingerprint density at radius 3 is 2.69 bits per heavy atom. The summed E-state index contributed by atoms with van der Waals surface area (Å²) < 4.78 is 1.49. The molecule has 2 aromatic rings. The molecule has 0 spiro atoms. The summed E-state index contributed by atoms with van der Waals surface area (Å²) in [7, 11) is 0. The molecule has 0 radical (unpaired) electrons. The highest BCUT2D eigenvalue weighted by molar-refractivity contribution is 6.32. The molecule has 0 atom stereocenters. The van der Waals surface area contributed by atoms with Crippen molar-refractivity contribution in [3.63, 3.8) is 0 Å². The van der Waals surface area contributed by atoms with Gasteiger partial charge in [-0.3, -0.25) is 10.1 Å². The Morgan fingerprint density at radius 2 is 2.19 bits per heavy atom. The molecule has 1 aromatic carbocycles. The molecule has 0 saturated heterocycles. The zero-order valence-corrected chi connectivity index (χ0v) is 8.76. The van der Waals surface area contributed by atoms with Gasteiger partial charge in [0.2, 0.25) is 0 Å². The number of rotatable bonds is 2. The van der Waals surface area contributed by atoms with Crippen LogP contribution in [0.25, 0.3) is 5.69 Å². The monoisotopic (exact) mass is 238 g/mol. The van der Waals surface area contributed by atoms with Crippen LogP contribution >= 0.6 is 11.6 Å². The van der Waals surface area contributed by atoms with Crippen LogP contribution in [-0.2, 0) is 0 Å². The highest BCUT2D eigenvalue weighted by atomic mass is 35.5. The summed E-state index contributed by atoms with van der Waals surface area (Å²) >= 11 is 5.77. The Balaban J connectivity index is 2.45. The SMILES string of the molecule is Nc1ccn(-c2ccc([N+](=O)[O-])c(Cl)c2)n1. The predicted octanol–water partition coefficient (Wildman–Crippen LogP) is 2.02. The van der Waals surface area contributed by atoms with E-state index in [1.165, 1.54) is 16.8 Å². The third-order valence-corrected chi connectivity index (χ3v) is 2.30. The first-order valence-corrected chi connectivity index (χ1v) is 4.71. The molecule has 2 rings (SSSR count). The zero-order chi connectivity index (χ0) is 11.7. The number of hydrogen-bond donors (Lipinski definition) is 1. The van der Waals surface area contributed by atoms with Gasteiger partial charge in [-0.15, -0.1) is 0 Å². The topological polar surface area (TPSA) is 87.0 Å². The fourth-order valence-corrected chi connectivity index (χ4v) is 1.51. The molecular weight excluding hydrogens is 232 g/mol. The highest BCUT2D eigenvalue weighted by Crippen LogP contribution is 2.26. The van der Waals surface area contributed by atoms with E-state index in [-0.39, 0.29) is 10.7 Å². The van der Waals surface area contributed by atoms with Gasteiger partial charge < -0.3 is 5.73 Å². The van der Waals surface area contributed by atoms with Gasteiger partial charge in [-0.1, -0.05) is 11.6 Å². The molecule has 82 valence electrons. The minimum Gasteiger partial charge on any atom is -0.382 e. The summed E-state index contributed by atoms with van der Waals surface area (Å²) in [5.74, 6) is 0.370. The van der Waals surface area contributed by atoms with Crippen LogP contribution < -0.4 is 5.73 Å².